The van der Waals surface area contributed by atoms with Gasteiger partial charge in [-0.3, -0.25) is 4.79 Å². The van der Waals surface area contributed by atoms with E-state index in [9.17, 15) is 10.1 Å². The Bertz CT molecular complexity index is 1460. The van der Waals surface area contributed by atoms with Gasteiger partial charge in [-0.1, -0.05) is 18.2 Å². The zero-order valence-electron chi connectivity index (χ0n) is 20.5. The van der Waals surface area contributed by atoms with Gasteiger partial charge in [0.1, 0.15) is 5.57 Å². The van der Waals surface area contributed by atoms with Crippen molar-refractivity contribution < 1.29 is 14.3 Å². The molecule has 186 valence electrons. The molecule has 0 heterocycles. The van der Waals surface area contributed by atoms with Gasteiger partial charge in [0.05, 0.1) is 30.4 Å². The van der Waals surface area contributed by atoms with Gasteiger partial charge in [0.15, 0.2) is 11.5 Å². The molecule has 3 aromatic carbocycles. The smallest absolute Gasteiger partial charge is 0.261 e. The number of nitriles is 2. The van der Waals surface area contributed by atoms with Gasteiger partial charge < -0.3 is 26.3 Å². The van der Waals surface area contributed by atoms with Crippen molar-refractivity contribution in [1.29, 1.82) is 10.5 Å². The molecular formula is C28H25N5O3S. The van der Waals surface area contributed by atoms with Crippen LogP contribution in [0.3, 0.4) is 0 Å². The number of carbonyl (C=O) groups excluding carboxylic acids is 1. The molecule has 0 aliphatic carbocycles. The zero-order valence-corrected chi connectivity index (χ0v) is 21.3. The maximum atomic E-state index is 13.5. The van der Waals surface area contributed by atoms with E-state index in [0.717, 1.165) is 4.90 Å². The van der Waals surface area contributed by atoms with Crippen LogP contribution < -0.4 is 26.3 Å². The Morgan fingerprint density at radius 3 is 2.24 bits per heavy atom. The molecule has 3 aromatic rings. The second kappa shape index (κ2) is 12.2. The Morgan fingerprint density at radius 1 is 0.946 bits per heavy atom. The standard InChI is InChI=1S/C28H25N5O3S/c1-17(26(31)20-10-7-18(15-29)8-11-20)25(28(34)33-21-5-4-6-22(14-21)37-3)27(32)36-23-12-9-19(16-30)13-24(23)35-2/h4-14H,31-32H2,1-3H3,(H,33,34)/b26-17-,27-25-. The molecule has 9 heteroatoms. The highest BCUT2D eigenvalue weighted by molar-refractivity contribution is 7.98. The summed E-state index contributed by atoms with van der Waals surface area (Å²) in [6.45, 7) is 1.66. The van der Waals surface area contributed by atoms with Crippen LogP contribution in [0, 0.1) is 22.7 Å². The lowest BCUT2D eigenvalue weighted by molar-refractivity contribution is -0.112. The molecule has 0 bridgehead atoms. The summed E-state index contributed by atoms with van der Waals surface area (Å²) in [4.78, 5) is 14.5. The second-order valence-corrected chi connectivity index (χ2v) is 8.61. The van der Waals surface area contributed by atoms with E-state index in [1.54, 1.807) is 55.1 Å². The number of thioether (sulfide) groups is 1. The zero-order chi connectivity index (χ0) is 26.9. The van der Waals surface area contributed by atoms with Gasteiger partial charge in [-0.25, -0.2) is 0 Å². The molecule has 0 aliphatic rings. The topological polar surface area (TPSA) is 147 Å². The number of anilines is 1. The van der Waals surface area contributed by atoms with Crippen molar-refractivity contribution in [2.45, 2.75) is 11.8 Å². The molecule has 0 atom stereocenters. The lowest BCUT2D eigenvalue weighted by Gasteiger charge is -2.17. The average molecular weight is 512 g/mol. The quantitative estimate of drug-likeness (QED) is 0.170. The van der Waals surface area contributed by atoms with E-state index in [-0.39, 0.29) is 28.7 Å². The van der Waals surface area contributed by atoms with E-state index in [2.05, 4.69) is 11.4 Å². The first-order chi connectivity index (χ1) is 17.8. The van der Waals surface area contributed by atoms with E-state index in [1.807, 2.05) is 30.5 Å². The summed E-state index contributed by atoms with van der Waals surface area (Å²) in [6.07, 6.45) is 1.94. The molecule has 0 aromatic heterocycles. The Labute approximate surface area is 219 Å². The summed E-state index contributed by atoms with van der Waals surface area (Å²) < 4.78 is 11.2. The lowest BCUT2D eigenvalue weighted by atomic mass is 10.00. The maximum absolute atomic E-state index is 13.5. The minimum Gasteiger partial charge on any atom is -0.493 e. The Kier molecular flexibility index (Phi) is 8.82. The molecule has 5 N–H and O–H groups in total. The third-order valence-electron chi connectivity index (χ3n) is 5.42. The van der Waals surface area contributed by atoms with Crippen LogP contribution in [0.15, 0.2) is 88.7 Å². The Balaban J connectivity index is 2.10. The predicted molar refractivity (Wildman–Crippen MR) is 144 cm³/mol. The summed E-state index contributed by atoms with van der Waals surface area (Å²) in [5, 5.41) is 21.1. The van der Waals surface area contributed by atoms with Crippen LogP contribution in [-0.2, 0) is 4.79 Å². The van der Waals surface area contributed by atoms with E-state index in [0.29, 0.717) is 28.0 Å². The van der Waals surface area contributed by atoms with Crippen molar-refractivity contribution in [3.63, 3.8) is 0 Å². The number of nitrogens with one attached hydrogen (secondary N) is 1. The number of benzene rings is 3. The van der Waals surface area contributed by atoms with E-state index in [4.69, 9.17) is 26.2 Å². The van der Waals surface area contributed by atoms with Crippen LogP contribution in [0.4, 0.5) is 5.69 Å². The van der Waals surface area contributed by atoms with Crippen LogP contribution in [-0.4, -0.2) is 19.3 Å². The SMILES string of the molecule is COc1cc(C#N)ccc1O/C(N)=C(C(=O)Nc1cccc(SC)c1)/C(C)=C(\N)c1ccc(C#N)cc1. The molecule has 0 aliphatic heterocycles. The van der Waals surface area contributed by atoms with Crippen molar-refractivity contribution in [3.8, 4) is 23.6 Å². The molecule has 1 amide bonds. The number of hydrogen-bond donors (Lipinski definition) is 3. The van der Waals surface area contributed by atoms with Crippen LogP contribution in [0.1, 0.15) is 23.6 Å². The molecule has 0 saturated carbocycles. The Hall–Kier alpha value is -4.86. The third-order valence-corrected chi connectivity index (χ3v) is 6.14. The summed E-state index contributed by atoms with van der Waals surface area (Å²) in [5.41, 5.74) is 15.5. The molecule has 0 fully saturated rings. The second-order valence-electron chi connectivity index (χ2n) is 7.73. The monoisotopic (exact) mass is 511 g/mol. The molecular weight excluding hydrogens is 486 g/mol. The van der Waals surface area contributed by atoms with Gasteiger partial charge in [-0.15, -0.1) is 11.8 Å². The highest BCUT2D eigenvalue weighted by atomic mass is 32.2. The largest absolute Gasteiger partial charge is 0.493 e. The molecule has 37 heavy (non-hydrogen) atoms. The normalized spacial score (nSPS) is 11.8. The van der Waals surface area contributed by atoms with Crippen LogP contribution in [0.2, 0.25) is 0 Å². The van der Waals surface area contributed by atoms with Gasteiger partial charge in [-0.05, 0) is 66.8 Å². The van der Waals surface area contributed by atoms with Gasteiger partial charge in [0, 0.05) is 22.3 Å². The van der Waals surface area contributed by atoms with E-state index < -0.39 is 5.91 Å². The molecule has 0 unspecified atom stereocenters. The number of hydrogen-bond acceptors (Lipinski definition) is 8. The molecule has 0 spiro atoms. The van der Waals surface area contributed by atoms with Crippen LogP contribution >= 0.6 is 11.8 Å². The van der Waals surface area contributed by atoms with Crippen molar-refractivity contribution >= 4 is 29.1 Å². The summed E-state index contributed by atoms with van der Waals surface area (Å²) in [7, 11) is 1.43. The van der Waals surface area contributed by atoms with Crippen molar-refractivity contribution in [1.82, 2.24) is 0 Å². The first-order valence-corrected chi connectivity index (χ1v) is 12.2. The maximum Gasteiger partial charge on any atom is 0.261 e. The number of ether oxygens (including phenoxy) is 2. The van der Waals surface area contributed by atoms with Crippen molar-refractivity contribution in [2.75, 3.05) is 18.7 Å². The number of nitrogens with two attached hydrogens (primary N) is 2. The lowest BCUT2D eigenvalue weighted by Crippen LogP contribution is -2.23. The first kappa shape index (κ1) is 26.7. The van der Waals surface area contributed by atoms with Gasteiger partial charge in [0.25, 0.3) is 5.91 Å². The molecule has 0 radical (unpaired) electrons. The number of methoxy groups -OCH3 is 1. The third kappa shape index (κ3) is 6.43. The highest BCUT2D eigenvalue weighted by Crippen LogP contribution is 2.31. The van der Waals surface area contributed by atoms with Crippen molar-refractivity contribution in [3.05, 3.63) is 100 Å². The van der Waals surface area contributed by atoms with Gasteiger partial charge in [-0.2, -0.15) is 10.5 Å². The fourth-order valence-corrected chi connectivity index (χ4v) is 3.89. The fourth-order valence-electron chi connectivity index (χ4n) is 3.43. The minimum absolute atomic E-state index is 0.0165. The number of carbonyl (C=O) groups is 1. The summed E-state index contributed by atoms with van der Waals surface area (Å²) in [6, 6.07) is 22.7. The van der Waals surface area contributed by atoms with E-state index in [1.165, 1.54) is 19.2 Å². The van der Waals surface area contributed by atoms with Crippen LogP contribution in [0.25, 0.3) is 5.70 Å². The average Bonchev–Trinajstić information content (AvgIpc) is 2.92. The van der Waals surface area contributed by atoms with Crippen molar-refractivity contribution in [2.24, 2.45) is 11.5 Å². The Morgan fingerprint density at radius 2 is 1.62 bits per heavy atom. The molecule has 3 rings (SSSR count). The number of amides is 1. The molecule has 0 saturated heterocycles. The van der Waals surface area contributed by atoms with Gasteiger partial charge >= 0.3 is 0 Å². The first-order valence-electron chi connectivity index (χ1n) is 11.0. The minimum atomic E-state index is -0.530. The summed E-state index contributed by atoms with van der Waals surface area (Å²) >= 11 is 1.54. The fraction of sp³-hybridized carbons (Fsp3) is 0.107. The van der Waals surface area contributed by atoms with Crippen LogP contribution in [0.5, 0.6) is 11.5 Å². The summed E-state index contributed by atoms with van der Waals surface area (Å²) in [5.74, 6) is -0.248. The number of rotatable bonds is 8. The van der Waals surface area contributed by atoms with E-state index >= 15 is 0 Å². The van der Waals surface area contributed by atoms with Gasteiger partial charge in [0.2, 0.25) is 5.88 Å². The molecule has 8 nitrogen and oxygen atoms in total. The number of nitrogens with zero attached hydrogens (tertiary/aromatic N) is 2. The highest BCUT2D eigenvalue weighted by Gasteiger charge is 2.22. The predicted octanol–water partition coefficient (Wildman–Crippen LogP) is 4.74.